The molecular formula is C19H21NO4S. The van der Waals surface area contributed by atoms with Gasteiger partial charge in [0, 0.05) is 11.4 Å². The van der Waals surface area contributed by atoms with E-state index in [0.29, 0.717) is 17.8 Å². The number of hydrogen-bond donors (Lipinski definition) is 1. The van der Waals surface area contributed by atoms with Crippen molar-refractivity contribution in [3.05, 3.63) is 40.1 Å². The summed E-state index contributed by atoms with van der Waals surface area (Å²) in [5.41, 5.74) is 2.02. The second-order valence-corrected chi connectivity index (χ2v) is 7.41. The molecule has 6 heteroatoms. The number of methoxy groups -OCH3 is 1. The van der Waals surface area contributed by atoms with Crippen molar-refractivity contribution in [1.29, 1.82) is 0 Å². The third kappa shape index (κ3) is 3.54. The number of benzene rings is 1. The topological polar surface area (TPSA) is 66.8 Å². The Balaban J connectivity index is 1.88. The summed E-state index contributed by atoms with van der Waals surface area (Å²) >= 11 is 1.42. The fraction of sp³-hybridized carbons (Fsp3) is 0.368. The molecule has 132 valence electrons. The quantitative estimate of drug-likeness (QED) is 0.901. The molecule has 1 aromatic carbocycles. The van der Waals surface area contributed by atoms with Gasteiger partial charge in [0.15, 0.2) is 0 Å². The highest BCUT2D eigenvalue weighted by Crippen LogP contribution is 2.33. The summed E-state index contributed by atoms with van der Waals surface area (Å²) in [4.78, 5) is 27.5. The predicted octanol–water partition coefficient (Wildman–Crippen LogP) is 3.81. The van der Waals surface area contributed by atoms with Crippen LogP contribution in [-0.4, -0.2) is 41.6 Å². The molecule has 0 saturated carbocycles. The molecule has 1 aliphatic rings. The maximum atomic E-state index is 12.9. The first-order valence-electron chi connectivity index (χ1n) is 8.30. The van der Waals surface area contributed by atoms with E-state index in [0.717, 1.165) is 34.6 Å². The van der Waals surface area contributed by atoms with Crippen LogP contribution < -0.4 is 4.74 Å². The van der Waals surface area contributed by atoms with Crippen LogP contribution in [0.5, 0.6) is 5.75 Å². The lowest BCUT2D eigenvalue weighted by Crippen LogP contribution is -2.47. The van der Waals surface area contributed by atoms with Gasteiger partial charge in [0.1, 0.15) is 11.8 Å². The van der Waals surface area contributed by atoms with E-state index in [2.05, 4.69) is 0 Å². The minimum absolute atomic E-state index is 0.181. The highest BCUT2D eigenvalue weighted by molar-refractivity contribution is 7.14. The molecule has 5 nitrogen and oxygen atoms in total. The van der Waals surface area contributed by atoms with Crippen LogP contribution in [0.15, 0.2) is 30.3 Å². The number of carboxylic acids is 1. The van der Waals surface area contributed by atoms with E-state index < -0.39 is 12.0 Å². The van der Waals surface area contributed by atoms with Crippen molar-refractivity contribution in [2.45, 2.75) is 32.2 Å². The molecule has 3 rings (SSSR count). The van der Waals surface area contributed by atoms with E-state index in [9.17, 15) is 14.7 Å². The number of piperidine rings is 1. The van der Waals surface area contributed by atoms with Crippen LogP contribution in [0.1, 0.15) is 33.8 Å². The highest BCUT2D eigenvalue weighted by Gasteiger charge is 2.33. The van der Waals surface area contributed by atoms with Crippen LogP contribution >= 0.6 is 11.3 Å². The van der Waals surface area contributed by atoms with E-state index in [1.165, 1.54) is 16.2 Å². The molecule has 1 fully saturated rings. The molecule has 0 bridgehead atoms. The fourth-order valence-corrected chi connectivity index (χ4v) is 4.22. The number of aryl methyl sites for hydroxylation is 1. The molecule has 0 radical (unpaired) electrons. The van der Waals surface area contributed by atoms with Gasteiger partial charge in [-0.15, -0.1) is 11.3 Å². The average Bonchev–Trinajstić information content (AvgIpc) is 3.03. The van der Waals surface area contributed by atoms with Crippen LogP contribution in [0.3, 0.4) is 0 Å². The lowest BCUT2D eigenvalue weighted by atomic mass is 10.0. The molecule has 2 heterocycles. The number of thiophene rings is 1. The summed E-state index contributed by atoms with van der Waals surface area (Å²) < 4.78 is 5.18. The van der Waals surface area contributed by atoms with E-state index >= 15 is 0 Å². The Hall–Kier alpha value is -2.34. The molecule has 1 unspecified atom stereocenters. The van der Waals surface area contributed by atoms with Gasteiger partial charge in [-0.3, -0.25) is 4.79 Å². The lowest BCUT2D eigenvalue weighted by molar-refractivity contribution is -0.143. The van der Waals surface area contributed by atoms with Gasteiger partial charge >= 0.3 is 5.97 Å². The third-order valence-electron chi connectivity index (χ3n) is 4.58. The molecule has 0 spiro atoms. The molecule has 1 aromatic heterocycles. The number of amides is 1. The Morgan fingerprint density at radius 2 is 1.96 bits per heavy atom. The molecule has 1 N–H and O–H groups in total. The molecule has 1 saturated heterocycles. The Bertz CT molecular complexity index is 781. The summed E-state index contributed by atoms with van der Waals surface area (Å²) in [6.07, 6.45) is 2.23. The first-order valence-corrected chi connectivity index (χ1v) is 9.11. The summed E-state index contributed by atoms with van der Waals surface area (Å²) in [6.45, 7) is 2.48. The Morgan fingerprint density at radius 3 is 2.60 bits per heavy atom. The Labute approximate surface area is 150 Å². The smallest absolute Gasteiger partial charge is 0.326 e. The van der Waals surface area contributed by atoms with Crippen molar-refractivity contribution in [3.8, 4) is 16.9 Å². The molecule has 1 amide bonds. The van der Waals surface area contributed by atoms with Crippen molar-refractivity contribution < 1.29 is 19.4 Å². The first-order chi connectivity index (χ1) is 12.0. The zero-order valence-electron chi connectivity index (χ0n) is 14.3. The summed E-state index contributed by atoms with van der Waals surface area (Å²) in [6, 6.07) is 8.86. The van der Waals surface area contributed by atoms with E-state index in [1.807, 2.05) is 37.3 Å². The number of aliphatic carboxylic acids is 1. The Morgan fingerprint density at radius 1 is 1.24 bits per heavy atom. The van der Waals surface area contributed by atoms with Gasteiger partial charge in [-0.25, -0.2) is 4.79 Å². The van der Waals surface area contributed by atoms with Gasteiger partial charge in [0.2, 0.25) is 0 Å². The molecule has 2 aromatic rings. The van der Waals surface area contributed by atoms with Crippen molar-refractivity contribution >= 4 is 23.2 Å². The zero-order chi connectivity index (χ0) is 18.0. The number of ether oxygens (including phenoxy) is 1. The summed E-state index contributed by atoms with van der Waals surface area (Å²) in [7, 11) is 1.62. The van der Waals surface area contributed by atoms with Gasteiger partial charge in [0.25, 0.3) is 5.91 Å². The molecule has 1 aliphatic heterocycles. The SMILES string of the molecule is COc1ccc(-c2cc(C(=O)N3CCCCC3C(=O)O)sc2C)cc1. The first kappa shape index (κ1) is 17.5. The van der Waals surface area contributed by atoms with Gasteiger partial charge in [-0.1, -0.05) is 12.1 Å². The van der Waals surface area contributed by atoms with Crippen molar-refractivity contribution in [1.82, 2.24) is 4.90 Å². The van der Waals surface area contributed by atoms with Gasteiger partial charge < -0.3 is 14.7 Å². The van der Waals surface area contributed by atoms with Crippen molar-refractivity contribution in [3.63, 3.8) is 0 Å². The average molecular weight is 359 g/mol. The van der Waals surface area contributed by atoms with Crippen LogP contribution in [0.4, 0.5) is 0 Å². The minimum atomic E-state index is -0.920. The van der Waals surface area contributed by atoms with Crippen molar-refractivity contribution in [2.24, 2.45) is 0 Å². The third-order valence-corrected chi connectivity index (χ3v) is 5.62. The van der Waals surface area contributed by atoms with E-state index in [4.69, 9.17) is 4.74 Å². The number of carboxylic acid groups (broad SMARTS) is 1. The fourth-order valence-electron chi connectivity index (χ4n) is 3.22. The van der Waals surface area contributed by atoms with E-state index in [1.54, 1.807) is 7.11 Å². The summed E-state index contributed by atoms with van der Waals surface area (Å²) in [5.74, 6) is -0.317. The zero-order valence-corrected chi connectivity index (χ0v) is 15.1. The lowest BCUT2D eigenvalue weighted by Gasteiger charge is -2.32. The summed E-state index contributed by atoms with van der Waals surface area (Å²) in [5, 5.41) is 9.39. The van der Waals surface area contributed by atoms with Crippen LogP contribution in [-0.2, 0) is 4.79 Å². The Kier molecular flexibility index (Phi) is 5.08. The predicted molar refractivity (Wildman–Crippen MR) is 97.4 cm³/mol. The number of carbonyl (C=O) groups excluding carboxylic acids is 1. The number of likely N-dealkylation sites (tertiary alicyclic amines) is 1. The molecule has 1 atom stereocenters. The number of carbonyl (C=O) groups is 2. The van der Waals surface area contributed by atoms with Gasteiger partial charge in [0.05, 0.1) is 12.0 Å². The molecule has 0 aliphatic carbocycles. The number of rotatable bonds is 4. The number of hydrogen-bond acceptors (Lipinski definition) is 4. The minimum Gasteiger partial charge on any atom is -0.497 e. The monoisotopic (exact) mass is 359 g/mol. The maximum absolute atomic E-state index is 12.9. The molecular weight excluding hydrogens is 338 g/mol. The van der Waals surface area contributed by atoms with E-state index in [-0.39, 0.29) is 5.91 Å². The van der Waals surface area contributed by atoms with Gasteiger partial charge in [-0.2, -0.15) is 0 Å². The largest absolute Gasteiger partial charge is 0.497 e. The second kappa shape index (κ2) is 7.27. The number of nitrogens with zero attached hydrogens (tertiary/aromatic N) is 1. The van der Waals surface area contributed by atoms with Gasteiger partial charge in [-0.05, 0) is 55.5 Å². The molecule has 25 heavy (non-hydrogen) atoms. The van der Waals surface area contributed by atoms with Crippen LogP contribution in [0, 0.1) is 6.92 Å². The maximum Gasteiger partial charge on any atom is 0.326 e. The van der Waals surface area contributed by atoms with Crippen LogP contribution in [0.25, 0.3) is 11.1 Å². The van der Waals surface area contributed by atoms with Crippen LogP contribution in [0.2, 0.25) is 0 Å². The highest BCUT2D eigenvalue weighted by atomic mass is 32.1. The van der Waals surface area contributed by atoms with Crippen molar-refractivity contribution in [2.75, 3.05) is 13.7 Å². The standard InChI is InChI=1S/C19H21NO4S/c1-12-15(13-6-8-14(24-2)9-7-13)11-17(25-12)18(21)20-10-4-3-5-16(20)19(22)23/h6-9,11,16H,3-5,10H2,1-2H3,(H,22,23). The normalized spacial score (nSPS) is 17.4. The second-order valence-electron chi connectivity index (χ2n) is 6.16.